The third-order valence-corrected chi connectivity index (χ3v) is 2.06. The minimum atomic E-state index is -0.220. The van der Waals surface area contributed by atoms with Gasteiger partial charge in [-0.05, 0) is 39.3 Å². The molecule has 2 N–H and O–H groups in total. The lowest BCUT2D eigenvalue weighted by atomic mass is 10.1. The van der Waals surface area contributed by atoms with Crippen LogP contribution in [-0.4, -0.2) is 11.6 Å². The Morgan fingerprint density at radius 1 is 1.18 bits per heavy atom. The molecule has 1 rings (SSSR count). The SMILES string of the molecule is Cc1ccc(/C=C/NC(=O)NC(C)(C)C)cc1. The van der Waals surface area contributed by atoms with E-state index in [0.717, 1.165) is 5.56 Å². The molecule has 0 heterocycles. The number of rotatable bonds is 2. The fourth-order valence-corrected chi connectivity index (χ4v) is 1.27. The van der Waals surface area contributed by atoms with Crippen LogP contribution >= 0.6 is 0 Å². The zero-order valence-electron chi connectivity index (χ0n) is 10.9. The normalized spacial score (nSPS) is 11.5. The van der Waals surface area contributed by atoms with E-state index in [-0.39, 0.29) is 11.6 Å². The second-order valence-electron chi connectivity index (χ2n) is 5.09. The molecule has 1 aromatic carbocycles. The highest BCUT2D eigenvalue weighted by molar-refractivity contribution is 5.76. The molecule has 0 aliphatic heterocycles. The summed E-state index contributed by atoms with van der Waals surface area (Å²) < 4.78 is 0. The third kappa shape index (κ3) is 5.76. The van der Waals surface area contributed by atoms with Crippen LogP contribution in [0.3, 0.4) is 0 Å². The van der Waals surface area contributed by atoms with Crippen molar-refractivity contribution in [3.05, 3.63) is 41.6 Å². The number of aryl methyl sites for hydroxylation is 1. The highest BCUT2D eigenvalue weighted by Gasteiger charge is 2.11. The molecule has 3 nitrogen and oxygen atoms in total. The van der Waals surface area contributed by atoms with Crippen molar-refractivity contribution in [2.45, 2.75) is 33.2 Å². The fraction of sp³-hybridized carbons (Fsp3) is 0.357. The van der Waals surface area contributed by atoms with Gasteiger partial charge in [0.1, 0.15) is 0 Å². The molecule has 0 bridgehead atoms. The van der Waals surface area contributed by atoms with Crippen LogP contribution in [0, 0.1) is 6.92 Å². The maximum absolute atomic E-state index is 11.4. The smallest absolute Gasteiger partial charge is 0.319 e. The summed E-state index contributed by atoms with van der Waals surface area (Å²) in [6.45, 7) is 7.87. The Kier molecular flexibility index (Phi) is 4.32. The fourth-order valence-electron chi connectivity index (χ4n) is 1.27. The molecule has 0 saturated heterocycles. The quantitative estimate of drug-likeness (QED) is 0.808. The number of carbonyl (C=O) groups excluding carboxylic acids is 1. The van der Waals surface area contributed by atoms with Gasteiger partial charge in [0.15, 0.2) is 0 Å². The molecule has 92 valence electrons. The molecule has 0 unspecified atom stereocenters. The summed E-state index contributed by atoms with van der Waals surface area (Å²) in [4.78, 5) is 11.4. The molecular formula is C14H20N2O. The Hall–Kier alpha value is -1.77. The summed E-state index contributed by atoms with van der Waals surface area (Å²) >= 11 is 0. The first-order valence-corrected chi connectivity index (χ1v) is 5.69. The molecule has 0 aromatic heterocycles. The molecule has 0 spiro atoms. The average molecular weight is 232 g/mol. The summed E-state index contributed by atoms with van der Waals surface area (Å²) in [6.07, 6.45) is 3.51. The van der Waals surface area contributed by atoms with Crippen molar-refractivity contribution >= 4 is 12.1 Å². The molecule has 2 amide bonds. The van der Waals surface area contributed by atoms with Crippen molar-refractivity contribution in [1.29, 1.82) is 0 Å². The lowest BCUT2D eigenvalue weighted by Crippen LogP contribution is -2.44. The Balaban J connectivity index is 2.45. The third-order valence-electron chi connectivity index (χ3n) is 2.06. The van der Waals surface area contributed by atoms with Crippen LogP contribution in [0.5, 0.6) is 0 Å². The van der Waals surface area contributed by atoms with E-state index in [1.807, 2.05) is 58.0 Å². The number of urea groups is 1. The zero-order valence-corrected chi connectivity index (χ0v) is 10.9. The Labute approximate surface area is 103 Å². The van der Waals surface area contributed by atoms with E-state index in [1.165, 1.54) is 5.56 Å². The van der Waals surface area contributed by atoms with Gasteiger partial charge in [-0.15, -0.1) is 0 Å². The molecule has 0 fully saturated rings. The van der Waals surface area contributed by atoms with Crippen molar-refractivity contribution < 1.29 is 4.79 Å². The summed E-state index contributed by atoms with van der Waals surface area (Å²) in [7, 11) is 0. The molecule has 3 heteroatoms. The van der Waals surface area contributed by atoms with E-state index in [1.54, 1.807) is 6.20 Å². The van der Waals surface area contributed by atoms with E-state index in [4.69, 9.17) is 0 Å². The predicted molar refractivity (Wildman–Crippen MR) is 71.6 cm³/mol. The van der Waals surface area contributed by atoms with E-state index >= 15 is 0 Å². The van der Waals surface area contributed by atoms with Crippen LogP contribution in [0.1, 0.15) is 31.9 Å². The van der Waals surface area contributed by atoms with Gasteiger partial charge in [-0.3, -0.25) is 0 Å². The number of hydrogen-bond acceptors (Lipinski definition) is 1. The van der Waals surface area contributed by atoms with Crippen LogP contribution in [0.15, 0.2) is 30.5 Å². The van der Waals surface area contributed by atoms with E-state index in [9.17, 15) is 4.79 Å². The Morgan fingerprint density at radius 2 is 1.76 bits per heavy atom. The van der Waals surface area contributed by atoms with E-state index in [0.29, 0.717) is 0 Å². The lowest BCUT2D eigenvalue weighted by molar-refractivity contribution is 0.235. The number of benzene rings is 1. The first kappa shape index (κ1) is 13.3. The summed E-state index contributed by atoms with van der Waals surface area (Å²) in [5.74, 6) is 0. The van der Waals surface area contributed by atoms with Crippen LogP contribution in [0.2, 0.25) is 0 Å². The molecular weight excluding hydrogens is 212 g/mol. The van der Waals surface area contributed by atoms with Crippen LogP contribution in [0.25, 0.3) is 6.08 Å². The minimum absolute atomic E-state index is 0.194. The van der Waals surface area contributed by atoms with Gasteiger partial charge in [0.2, 0.25) is 0 Å². The molecule has 0 radical (unpaired) electrons. The van der Waals surface area contributed by atoms with Crippen LogP contribution < -0.4 is 10.6 Å². The second-order valence-corrected chi connectivity index (χ2v) is 5.09. The minimum Gasteiger partial charge on any atom is -0.333 e. The second kappa shape index (κ2) is 5.53. The maximum atomic E-state index is 11.4. The zero-order chi connectivity index (χ0) is 12.9. The first-order valence-electron chi connectivity index (χ1n) is 5.69. The topological polar surface area (TPSA) is 41.1 Å². The number of nitrogens with one attached hydrogen (secondary N) is 2. The largest absolute Gasteiger partial charge is 0.333 e. The van der Waals surface area contributed by atoms with Gasteiger partial charge in [0, 0.05) is 11.7 Å². The van der Waals surface area contributed by atoms with Gasteiger partial charge in [-0.2, -0.15) is 0 Å². The molecule has 1 aromatic rings. The van der Waals surface area contributed by atoms with Crippen LogP contribution in [0.4, 0.5) is 4.79 Å². The van der Waals surface area contributed by atoms with Gasteiger partial charge in [0.25, 0.3) is 0 Å². The van der Waals surface area contributed by atoms with E-state index < -0.39 is 0 Å². The first-order chi connectivity index (χ1) is 7.87. The standard InChI is InChI=1S/C14H20N2O/c1-11-5-7-12(8-6-11)9-10-15-13(17)16-14(2,3)4/h5-10H,1-4H3,(H2,15,16,17)/b10-9+. The molecule has 17 heavy (non-hydrogen) atoms. The monoisotopic (exact) mass is 232 g/mol. The van der Waals surface area contributed by atoms with Crippen molar-refractivity contribution in [3.8, 4) is 0 Å². The summed E-state index contributed by atoms with van der Waals surface area (Å²) in [5, 5.41) is 5.48. The molecule has 0 aliphatic carbocycles. The number of amides is 2. The van der Waals surface area contributed by atoms with E-state index in [2.05, 4.69) is 10.6 Å². The highest BCUT2D eigenvalue weighted by atomic mass is 16.2. The Morgan fingerprint density at radius 3 is 2.29 bits per heavy atom. The van der Waals surface area contributed by atoms with Gasteiger partial charge in [-0.1, -0.05) is 29.8 Å². The highest BCUT2D eigenvalue weighted by Crippen LogP contribution is 2.04. The summed E-state index contributed by atoms with van der Waals surface area (Å²) in [5.41, 5.74) is 2.06. The van der Waals surface area contributed by atoms with Gasteiger partial charge in [0.05, 0.1) is 0 Å². The Bertz CT molecular complexity index is 399. The molecule has 0 saturated carbocycles. The maximum Gasteiger partial charge on any atom is 0.319 e. The lowest BCUT2D eigenvalue weighted by Gasteiger charge is -2.19. The van der Waals surface area contributed by atoms with Gasteiger partial charge < -0.3 is 10.6 Å². The van der Waals surface area contributed by atoms with Gasteiger partial charge >= 0.3 is 6.03 Å². The summed E-state index contributed by atoms with van der Waals surface area (Å²) in [6, 6.07) is 7.90. The van der Waals surface area contributed by atoms with Crippen molar-refractivity contribution in [2.24, 2.45) is 0 Å². The molecule has 0 aliphatic rings. The van der Waals surface area contributed by atoms with Crippen molar-refractivity contribution in [3.63, 3.8) is 0 Å². The number of hydrogen-bond donors (Lipinski definition) is 2. The van der Waals surface area contributed by atoms with Gasteiger partial charge in [-0.25, -0.2) is 4.79 Å². The predicted octanol–water partition coefficient (Wildman–Crippen LogP) is 3.06. The van der Waals surface area contributed by atoms with Crippen molar-refractivity contribution in [2.75, 3.05) is 0 Å². The average Bonchev–Trinajstić information content (AvgIpc) is 2.18. The van der Waals surface area contributed by atoms with Crippen molar-refractivity contribution in [1.82, 2.24) is 10.6 Å². The molecule has 0 atom stereocenters. The van der Waals surface area contributed by atoms with Crippen LogP contribution in [-0.2, 0) is 0 Å². The number of carbonyl (C=O) groups is 1.